The molecule has 0 aliphatic carbocycles. The van der Waals surface area contributed by atoms with Gasteiger partial charge in [0, 0.05) is 17.3 Å². The summed E-state index contributed by atoms with van der Waals surface area (Å²) in [5, 5.41) is 4.94. The third-order valence-electron chi connectivity index (χ3n) is 2.18. The summed E-state index contributed by atoms with van der Waals surface area (Å²) in [6, 6.07) is 0. The van der Waals surface area contributed by atoms with Crippen LogP contribution in [-0.4, -0.2) is 23.9 Å². The van der Waals surface area contributed by atoms with E-state index in [9.17, 15) is 17.6 Å². The molecular formula is C11H16F4N2S. The summed E-state index contributed by atoms with van der Waals surface area (Å²) in [4.78, 5) is 4.27. The number of alkyl halides is 4. The molecule has 18 heavy (non-hydrogen) atoms. The zero-order valence-corrected chi connectivity index (χ0v) is 11.3. The second-order valence-electron chi connectivity index (χ2n) is 5.06. The van der Waals surface area contributed by atoms with Crippen LogP contribution in [0, 0.1) is 0 Å². The van der Waals surface area contributed by atoms with Gasteiger partial charge in [-0.05, 0) is 0 Å². The van der Waals surface area contributed by atoms with Crippen molar-refractivity contribution in [2.75, 3.05) is 6.54 Å². The van der Waals surface area contributed by atoms with Crippen molar-refractivity contribution in [1.29, 1.82) is 0 Å². The molecule has 7 heteroatoms. The van der Waals surface area contributed by atoms with Crippen LogP contribution in [0.4, 0.5) is 17.6 Å². The Balaban J connectivity index is 2.48. The Kier molecular flexibility index (Phi) is 4.72. The van der Waals surface area contributed by atoms with Crippen LogP contribution in [0.3, 0.4) is 0 Å². The van der Waals surface area contributed by atoms with Crippen LogP contribution in [0.25, 0.3) is 0 Å². The van der Waals surface area contributed by atoms with Crippen molar-refractivity contribution in [3.8, 4) is 0 Å². The van der Waals surface area contributed by atoms with Gasteiger partial charge in [0.1, 0.15) is 0 Å². The molecule has 0 atom stereocenters. The molecule has 0 aliphatic rings. The monoisotopic (exact) mass is 284 g/mol. The molecule has 1 aromatic rings. The van der Waals surface area contributed by atoms with E-state index in [-0.39, 0.29) is 12.0 Å². The predicted molar refractivity (Wildman–Crippen MR) is 63.5 cm³/mol. The Morgan fingerprint density at radius 1 is 1.33 bits per heavy atom. The maximum absolute atomic E-state index is 12.6. The van der Waals surface area contributed by atoms with E-state index in [1.807, 2.05) is 20.8 Å². The van der Waals surface area contributed by atoms with Crippen molar-refractivity contribution in [2.45, 2.75) is 45.1 Å². The van der Waals surface area contributed by atoms with Crippen molar-refractivity contribution in [3.05, 3.63) is 16.1 Å². The van der Waals surface area contributed by atoms with E-state index in [0.717, 1.165) is 5.01 Å². The highest BCUT2D eigenvalue weighted by molar-refractivity contribution is 7.09. The topological polar surface area (TPSA) is 24.9 Å². The minimum atomic E-state index is -4.00. The van der Waals surface area contributed by atoms with Gasteiger partial charge in [-0.25, -0.2) is 13.8 Å². The first kappa shape index (κ1) is 15.4. The SMILES string of the molecule is CC(C)(C)c1nc(CNCC(F)(F)C(F)F)cs1. The van der Waals surface area contributed by atoms with Crippen LogP contribution >= 0.6 is 11.3 Å². The van der Waals surface area contributed by atoms with E-state index in [4.69, 9.17) is 0 Å². The number of thiazole rings is 1. The van der Waals surface area contributed by atoms with Gasteiger partial charge in [-0.1, -0.05) is 20.8 Å². The predicted octanol–water partition coefficient (Wildman–Crippen LogP) is 3.43. The Labute approximate surface area is 107 Å². The third kappa shape index (κ3) is 4.20. The van der Waals surface area contributed by atoms with Gasteiger partial charge in [-0.2, -0.15) is 8.78 Å². The van der Waals surface area contributed by atoms with Crippen LogP contribution in [0.1, 0.15) is 31.5 Å². The minimum Gasteiger partial charge on any atom is -0.305 e. The fourth-order valence-corrected chi connectivity index (χ4v) is 2.07. The largest absolute Gasteiger partial charge is 0.319 e. The Morgan fingerprint density at radius 2 is 1.94 bits per heavy atom. The highest BCUT2D eigenvalue weighted by Crippen LogP contribution is 2.26. The van der Waals surface area contributed by atoms with Gasteiger partial charge in [0.2, 0.25) is 0 Å². The first-order valence-electron chi connectivity index (χ1n) is 5.44. The average Bonchev–Trinajstić information content (AvgIpc) is 2.65. The fraction of sp³-hybridized carbons (Fsp3) is 0.727. The quantitative estimate of drug-likeness (QED) is 0.838. The van der Waals surface area contributed by atoms with Crippen LogP contribution in [0.5, 0.6) is 0 Å². The lowest BCUT2D eigenvalue weighted by molar-refractivity contribution is -0.125. The normalized spacial score (nSPS) is 13.3. The number of aromatic nitrogens is 1. The van der Waals surface area contributed by atoms with E-state index in [1.54, 1.807) is 5.38 Å². The van der Waals surface area contributed by atoms with Gasteiger partial charge in [0.05, 0.1) is 17.2 Å². The first-order chi connectivity index (χ1) is 8.13. The highest BCUT2D eigenvalue weighted by atomic mass is 32.1. The zero-order valence-electron chi connectivity index (χ0n) is 10.4. The molecule has 0 saturated carbocycles. The van der Waals surface area contributed by atoms with E-state index < -0.39 is 18.9 Å². The summed E-state index contributed by atoms with van der Waals surface area (Å²) < 4.78 is 49.0. The van der Waals surface area contributed by atoms with Crippen molar-refractivity contribution in [3.63, 3.8) is 0 Å². The van der Waals surface area contributed by atoms with Gasteiger partial charge in [0.25, 0.3) is 0 Å². The second-order valence-corrected chi connectivity index (χ2v) is 5.92. The summed E-state index contributed by atoms with van der Waals surface area (Å²) in [6.45, 7) is 5.00. The number of hydrogen-bond donors (Lipinski definition) is 1. The van der Waals surface area contributed by atoms with Gasteiger partial charge in [0.15, 0.2) is 0 Å². The van der Waals surface area contributed by atoms with Crippen LogP contribution in [0.2, 0.25) is 0 Å². The Hall–Kier alpha value is -0.690. The van der Waals surface area contributed by atoms with E-state index >= 15 is 0 Å². The van der Waals surface area contributed by atoms with Gasteiger partial charge >= 0.3 is 12.3 Å². The lowest BCUT2D eigenvalue weighted by Crippen LogP contribution is -2.38. The number of nitrogens with one attached hydrogen (secondary N) is 1. The molecule has 0 aromatic carbocycles. The molecule has 0 amide bonds. The number of nitrogens with zero attached hydrogens (tertiary/aromatic N) is 1. The molecule has 2 nitrogen and oxygen atoms in total. The van der Waals surface area contributed by atoms with Crippen LogP contribution < -0.4 is 5.32 Å². The molecule has 1 heterocycles. The van der Waals surface area contributed by atoms with E-state index in [1.165, 1.54) is 11.3 Å². The molecule has 0 radical (unpaired) electrons. The van der Waals surface area contributed by atoms with E-state index in [2.05, 4.69) is 10.3 Å². The highest BCUT2D eigenvalue weighted by Gasteiger charge is 2.40. The lowest BCUT2D eigenvalue weighted by Gasteiger charge is -2.15. The standard InChI is InChI=1S/C11H16F4N2S/c1-10(2,3)9-17-7(5-18-9)4-16-6-11(14,15)8(12)13/h5,8,16H,4,6H2,1-3H3. The van der Waals surface area contributed by atoms with Crippen molar-refractivity contribution in [2.24, 2.45) is 0 Å². The minimum absolute atomic E-state index is 0.0644. The Morgan fingerprint density at radius 3 is 2.39 bits per heavy atom. The van der Waals surface area contributed by atoms with Crippen molar-refractivity contribution in [1.82, 2.24) is 10.3 Å². The number of halogens is 4. The molecule has 1 aromatic heterocycles. The molecule has 0 bridgehead atoms. The van der Waals surface area contributed by atoms with Crippen LogP contribution in [-0.2, 0) is 12.0 Å². The van der Waals surface area contributed by atoms with Gasteiger partial charge in [-0.3, -0.25) is 0 Å². The molecule has 1 rings (SSSR count). The molecule has 0 fully saturated rings. The molecule has 1 N–H and O–H groups in total. The molecule has 0 unspecified atom stereocenters. The summed E-state index contributed by atoms with van der Waals surface area (Å²) in [6.07, 6.45) is -3.65. The lowest BCUT2D eigenvalue weighted by atomic mass is 9.98. The molecule has 0 saturated heterocycles. The fourth-order valence-electron chi connectivity index (χ4n) is 1.17. The van der Waals surface area contributed by atoms with Crippen LogP contribution in [0.15, 0.2) is 5.38 Å². The maximum Gasteiger partial charge on any atom is 0.319 e. The smallest absolute Gasteiger partial charge is 0.305 e. The molecule has 104 valence electrons. The first-order valence-corrected chi connectivity index (χ1v) is 6.32. The molecular weight excluding hydrogens is 268 g/mol. The zero-order chi connectivity index (χ0) is 14.0. The van der Waals surface area contributed by atoms with E-state index in [0.29, 0.717) is 5.69 Å². The summed E-state index contributed by atoms with van der Waals surface area (Å²) >= 11 is 1.43. The van der Waals surface area contributed by atoms with Crippen molar-refractivity contribution >= 4 is 11.3 Å². The van der Waals surface area contributed by atoms with Gasteiger partial charge in [-0.15, -0.1) is 11.3 Å². The van der Waals surface area contributed by atoms with Crippen molar-refractivity contribution < 1.29 is 17.6 Å². The Bertz CT molecular complexity index is 385. The third-order valence-corrected chi connectivity index (χ3v) is 3.50. The summed E-state index contributed by atoms with van der Waals surface area (Å²) in [5.74, 6) is -4.00. The maximum atomic E-state index is 12.6. The van der Waals surface area contributed by atoms with Gasteiger partial charge < -0.3 is 5.32 Å². The summed E-state index contributed by atoms with van der Waals surface area (Å²) in [5.41, 5.74) is 0.491. The number of rotatable bonds is 5. The second kappa shape index (κ2) is 5.52. The average molecular weight is 284 g/mol. The molecule has 0 spiro atoms. The number of hydrogen-bond acceptors (Lipinski definition) is 3. The summed E-state index contributed by atoms with van der Waals surface area (Å²) in [7, 11) is 0. The molecule has 0 aliphatic heterocycles.